The van der Waals surface area contributed by atoms with Gasteiger partial charge in [-0.3, -0.25) is 10.1 Å². The summed E-state index contributed by atoms with van der Waals surface area (Å²) in [5.41, 5.74) is 3.41. The van der Waals surface area contributed by atoms with Crippen molar-refractivity contribution in [2.75, 3.05) is 11.4 Å². The van der Waals surface area contributed by atoms with Gasteiger partial charge in [-0.15, -0.1) is 0 Å². The van der Waals surface area contributed by atoms with Crippen LogP contribution in [0.15, 0.2) is 59.8 Å². The van der Waals surface area contributed by atoms with E-state index in [0.717, 1.165) is 30.4 Å². The molecule has 3 aromatic rings. The van der Waals surface area contributed by atoms with Crippen LogP contribution < -0.4 is 10.0 Å². The highest BCUT2D eigenvalue weighted by Gasteiger charge is 2.24. The molecule has 156 valence electrons. The SMILES string of the molecule is NS(=O)(=O)c1cc(N2CCc3c(ncn3CCc3ccccc3)C2)cc([N+](=O)[O-])c1. The Balaban J connectivity index is 1.56. The van der Waals surface area contributed by atoms with Crippen LogP contribution in [0.2, 0.25) is 0 Å². The summed E-state index contributed by atoms with van der Waals surface area (Å²) < 4.78 is 25.7. The second-order valence-corrected chi connectivity index (χ2v) is 8.79. The van der Waals surface area contributed by atoms with Crippen molar-refractivity contribution in [3.63, 3.8) is 0 Å². The van der Waals surface area contributed by atoms with Gasteiger partial charge in [-0.05, 0) is 18.1 Å². The summed E-state index contributed by atoms with van der Waals surface area (Å²) in [5, 5.41) is 16.4. The zero-order valence-electron chi connectivity index (χ0n) is 16.1. The minimum atomic E-state index is -4.06. The van der Waals surface area contributed by atoms with Crippen molar-refractivity contribution in [1.82, 2.24) is 9.55 Å². The highest BCUT2D eigenvalue weighted by molar-refractivity contribution is 7.89. The predicted octanol–water partition coefficient (Wildman–Crippen LogP) is 2.24. The number of benzene rings is 2. The zero-order chi connectivity index (χ0) is 21.3. The van der Waals surface area contributed by atoms with Crippen LogP contribution >= 0.6 is 0 Å². The standard InChI is InChI=1S/C20H21N5O4S/c21-30(28,29)18-11-16(10-17(12-18)25(26)27)23-9-7-20-19(13-23)22-14-24(20)8-6-15-4-2-1-3-5-15/h1-5,10-12,14H,6-9,13H2,(H2,21,28,29). The van der Waals surface area contributed by atoms with Gasteiger partial charge < -0.3 is 9.47 Å². The molecule has 0 saturated carbocycles. The Labute approximate surface area is 174 Å². The maximum absolute atomic E-state index is 11.8. The molecule has 1 aliphatic rings. The van der Waals surface area contributed by atoms with Gasteiger partial charge in [0.05, 0.1) is 28.4 Å². The molecule has 2 aromatic carbocycles. The first-order chi connectivity index (χ1) is 14.3. The topological polar surface area (TPSA) is 124 Å². The number of nitro benzene ring substituents is 1. The van der Waals surface area contributed by atoms with Gasteiger partial charge in [0.25, 0.3) is 5.69 Å². The molecule has 0 amide bonds. The monoisotopic (exact) mass is 427 g/mol. The second-order valence-electron chi connectivity index (χ2n) is 7.23. The van der Waals surface area contributed by atoms with E-state index in [-0.39, 0.29) is 10.6 Å². The molecule has 30 heavy (non-hydrogen) atoms. The van der Waals surface area contributed by atoms with Crippen LogP contribution in [-0.4, -0.2) is 29.4 Å². The van der Waals surface area contributed by atoms with Crippen LogP contribution in [0.25, 0.3) is 0 Å². The largest absolute Gasteiger partial charge is 0.365 e. The fourth-order valence-electron chi connectivity index (χ4n) is 3.70. The van der Waals surface area contributed by atoms with E-state index in [1.807, 2.05) is 29.4 Å². The van der Waals surface area contributed by atoms with E-state index in [9.17, 15) is 18.5 Å². The van der Waals surface area contributed by atoms with E-state index >= 15 is 0 Å². The minimum Gasteiger partial charge on any atom is -0.365 e. The van der Waals surface area contributed by atoms with Crippen molar-refractivity contribution >= 4 is 21.4 Å². The molecule has 1 aromatic heterocycles. The van der Waals surface area contributed by atoms with Crippen molar-refractivity contribution < 1.29 is 13.3 Å². The lowest BCUT2D eigenvalue weighted by atomic mass is 10.1. The van der Waals surface area contributed by atoms with Crippen molar-refractivity contribution in [1.29, 1.82) is 0 Å². The molecule has 4 rings (SSSR count). The number of rotatable bonds is 6. The number of aromatic nitrogens is 2. The molecule has 2 heterocycles. The number of nitrogens with zero attached hydrogens (tertiary/aromatic N) is 4. The first kappa shape index (κ1) is 20.0. The van der Waals surface area contributed by atoms with Gasteiger partial charge in [-0.1, -0.05) is 30.3 Å². The third kappa shape index (κ3) is 4.19. The van der Waals surface area contributed by atoms with Gasteiger partial charge in [-0.25, -0.2) is 18.5 Å². The maximum Gasteiger partial charge on any atom is 0.272 e. The van der Waals surface area contributed by atoms with Crippen molar-refractivity contribution in [3.8, 4) is 0 Å². The summed E-state index contributed by atoms with van der Waals surface area (Å²) in [5.74, 6) is 0. The molecule has 0 spiro atoms. The normalized spacial score (nSPS) is 13.8. The van der Waals surface area contributed by atoms with E-state index in [2.05, 4.69) is 21.7 Å². The number of anilines is 1. The van der Waals surface area contributed by atoms with Gasteiger partial charge in [-0.2, -0.15) is 0 Å². The molecule has 10 heteroatoms. The second kappa shape index (κ2) is 7.88. The molecule has 0 aliphatic carbocycles. The fraction of sp³-hybridized carbons (Fsp3) is 0.250. The maximum atomic E-state index is 11.8. The molecule has 0 saturated heterocycles. The smallest absolute Gasteiger partial charge is 0.272 e. The van der Waals surface area contributed by atoms with Crippen LogP contribution in [0, 0.1) is 10.1 Å². The van der Waals surface area contributed by atoms with E-state index in [4.69, 9.17) is 5.14 Å². The van der Waals surface area contributed by atoms with Gasteiger partial charge in [0.2, 0.25) is 10.0 Å². The molecule has 9 nitrogen and oxygen atoms in total. The number of hydrogen-bond donors (Lipinski definition) is 1. The number of non-ortho nitro benzene ring substituents is 1. The van der Waals surface area contributed by atoms with E-state index in [0.29, 0.717) is 25.2 Å². The number of nitrogens with two attached hydrogens (primary N) is 1. The average Bonchev–Trinajstić information content (AvgIpc) is 3.14. The number of aryl methyl sites for hydroxylation is 2. The first-order valence-corrected chi connectivity index (χ1v) is 11.0. The molecule has 0 unspecified atom stereocenters. The third-order valence-electron chi connectivity index (χ3n) is 5.26. The highest BCUT2D eigenvalue weighted by atomic mass is 32.2. The predicted molar refractivity (Wildman–Crippen MR) is 112 cm³/mol. The van der Waals surface area contributed by atoms with E-state index < -0.39 is 14.9 Å². The average molecular weight is 427 g/mol. The number of fused-ring (bicyclic) bond motifs is 1. The van der Waals surface area contributed by atoms with Crippen LogP contribution in [0.1, 0.15) is 17.0 Å². The highest BCUT2D eigenvalue weighted by Crippen LogP contribution is 2.30. The summed E-state index contributed by atoms with van der Waals surface area (Å²) in [6, 6.07) is 13.9. The van der Waals surface area contributed by atoms with Crippen molar-refractivity contribution in [3.05, 3.63) is 81.9 Å². The lowest BCUT2D eigenvalue weighted by Gasteiger charge is -2.29. The van der Waals surface area contributed by atoms with Crippen molar-refractivity contribution in [2.24, 2.45) is 5.14 Å². The summed E-state index contributed by atoms with van der Waals surface area (Å²) in [6.45, 7) is 1.85. The lowest BCUT2D eigenvalue weighted by molar-refractivity contribution is -0.385. The number of nitro groups is 1. The first-order valence-electron chi connectivity index (χ1n) is 9.45. The van der Waals surface area contributed by atoms with Crippen LogP contribution in [-0.2, 0) is 36.0 Å². The van der Waals surface area contributed by atoms with Crippen molar-refractivity contribution in [2.45, 2.75) is 30.8 Å². The quantitative estimate of drug-likeness (QED) is 0.475. The Morgan fingerprint density at radius 3 is 2.63 bits per heavy atom. The molecule has 2 N–H and O–H groups in total. The summed E-state index contributed by atoms with van der Waals surface area (Å²) in [7, 11) is -4.06. The summed E-state index contributed by atoms with van der Waals surface area (Å²) in [4.78, 5) is 16.8. The Morgan fingerprint density at radius 2 is 1.93 bits per heavy atom. The van der Waals surface area contributed by atoms with Crippen LogP contribution in [0.4, 0.5) is 11.4 Å². The van der Waals surface area contributed by atoms with Gasteiger partial charge in [0.1, 0.15) is 0 Å². The number of sulfonamides is 1. The Hall–Kier alpha value is -3.24. The molecule has 0 bridgehead atoms. The van der Waals surface area contributed by atoms with Crippen LogP contribution in [0.5, 0.6) is 0 Å². The number of primary sulfonamides is 1. The van der Waals surface area contributed by atoms with E-state index in [1.165, 1.54) is 17.7 Å². The molecular formula is C20H21N5O4S. The van der Waals surface area contributed by atoms with Crippen LogP contribution in [0.3, 0.4) is 0 Å². The minimum absolute atomic E-state index is 0.272. The number of imidazole rings is 1. The Bertz CT molecular complexity index is 1190. The van der Waals surface area contributed by atoms with Gasteiger partial charge in [0.15, 0.2) is 0 Å². The molecule has 1 aliphatic heterocycles. The lowest BCUT2D eigenvalue weighted by Crippen LogP contribution is -2.31. The summed E-state index contributed by atoms with van der Waals surface area (Å²) in [6.07, 6.45) is 3.42. The molecular weight excluding hydrogens is 406 g/mol. The van der Waals surface area contributed by atoms with E-state index in [1.54, 1.807) is 0 Å². The summed E-state index contributed by atoms with van der Waals surface area (Å²) >= 11 is 0. The molecule has 0 radical (unpaired) electrons. The fourth-order valence-corrected chi connectivity index (χ4v) is 4.27. The zero-order valence-corrected chi connectivity index (χ0v) is 17.0. The molecule has 0 atom stereocenters. The Kier molecular flexibility index (Phi) is 5.27. The number of hydrogen-bond acceptors (Lipinski definition) is 6. The van der Waals surface area contributed by atoms with Gasteiger partial charge >= 0.3 is 0 Å². The Morgan fingerprint density at radius 1 is 1.17 bits per heavy atom. The van der Waals surface area contributed by atoms with Gasteiger partial charge in [0, 0.05) is 43.0 Å². The third-order valence-corrected chi connectivity index (χ3v) is 6.15. The molecule has 0 fully saturated rings.